The highest BCUT2D eigenvalue weighted by atomic mass is 16.5. The maximum absolute atomic E-state index is 11.3. The lowest BCUT2D eigenvalue weighted by Gasteiger charge is -2.35. The van der Waals surface area contributed by atoms with E-state index >= 15 is 0 Å². The molecule has 0 saturated heterocycles. The minimum absolute atomic E-state index is 0.0540. The smallest absolute Gasteiger partial charge is 0.166 e. The zero-order chi connectivity index (χ0) is 12.9. The van der Waals surface area contributed by atoms with Crippen LogP contribution < -0.4 is 0 Å². The fourth-order valence-electron chi connectivity index (χ4n) is 1.62. The van der Waals surface area contributed by atoms with Crippen LogP contribution >= 0.6 is 0 Å². The highest BCUT2D eigenvalue weighted by Gasteiger charge is 2.41. The van der Waals surface area contributed by atoms with Gasteiger partial charge in [-0.3, -0.25) is 4.79 Å². The van der Waals surface area contributed by atoms with E-state index in [0.717, 1.165) is 12.8 Å². The number of methoxy groups -OCH3 is 1. The fraction of sp³-hybridized carbons (Fsp3) is 0.923. The van der Waals surface area contributed by atoms with E-state index in [-0.39, 0.29) is 23.6 Å². The summed E-state index contributed by atoms with van der Waals surface area (Å²) in [4.78, 5) is 11.3. The SMILES string of the molecule is CCCOC1C(=O)CC1OCCC(C)(C)OC. The molecule has 0 spiro atoms. The lowest BCUT2D eigenvalue weighted by Crippen LogP contribution is -2.51. The molecule has 0 N–H and O–H groups in total. The van der Waals surface area contributed by atoms with Crippen molar-refractivity contribution in [2.75, 3.05) is 20.3 Å². The first-order valence-corrected chi connectivity index (χ1v) is 6.31. The second-order valence-corrected chi connectivity index (χ2v) is 5.08. The molecule has 4 heteroatoms. The van der Waals surface area contributed by atoms with Gasteiger partial charge in [-0.05, 0) is 26.7 Å². The second-order valence-electron chi connectivity index (χ2n) is 5.08. The Balaban J connectivity index is 2.21. The average Bonchev–Trinajstić information content (AvgIpc) is 2.28. The molecule has 0 aromatic rings. The summed E-state index contributed by atoms with van der Waals surface area (Å²) in [6, 6.07) is 0. The molecule has 1 aliphatic carbocycles. The highest BCUT2D eigenvalue weighted by molar-refractivity contribution is 5.90. The molecule has 17 heavy (non-hydrogen) atoms. The molecule has 1 aliphatic rings. The van der Waals surface area contributed by atoms with Crippen molar-refractivity contribution in [2.45, 2.75) is 57.8 Å². The van der Waals surface area contributed by atoms with Crippen molar-refractivity contribution in [3.63, 3.8) is 0 Å². The third-order valence-corrected chi connectivity index (χ3v) is 3.15. The monoisotopic (exact) mass is 244 g/mol. The Morgan fingerprint density at radius 3 is 2.53 bits per heavy atom. The second kappa shape index (κ2) is 6.47. The van der Waals surface area contributed by atoms with Gasteiger partial charge in [-0.1, -0.05) is 6.92 Å². The number of ketones is 1. The molecule has 1 rings (SSSR count). The number of Topliss-reactive ketones (excluding diaryl/α,β-unsaturated/α-hetero) is 1. The number of hydrogen-bond donors (Lipinski definition) is 0. The summed E-state index contributed by atoms with van der Waals surface area (Å²) in [6.07, 6.45) is 1.84. The largest absolute Gasteiger partial charge is 0.379 e. The van der Waals surface area contributed by atoms with E-state index in [2.05, 4.69) is 0 Å². The number of carbonyl (C=O) groups excluding carboxylic acids is 1. The maximum Gasteiger partial charge on any atom is 0.166 e. The van der Waals surface area contributed by atoms with Gasteiger partial charge in [0.05, 0.1) is 11.7 Å². The summed E-state index contributed by atoms with van der Waals surface area (Å²) in [5, 5.41) is 0. The first kappa shape index (κ1) is 14.6. The van der Waals surface area contributed by atoms with Crippen LogP contribution in [0, 0.1) is 0 Å². The summed E-state index contributed by atoms with van der Waals surface area (Å²) in [5.74, 6) is 0.162. The molecule has 100 valence electrons. The van der Waals surface area contributed by atoms with Crippen LogP contribution in [0.5, 0.6) is 0 Å². The Bertz CT molecular complexity index is 250. The van der Waals surface area contributed by atoms with E-state index in [0.29, 0.717) is 19.6 Å². The quantitative estimate of drug-likeness (QED) is 0.654. The van der Waals surface area contributed by atoms with Crippen molar-refractivity contribution < 1.29 is 19.0 Å². The van der Waals surface area contributed by atoms with E-state index in [1.807, 2.05) is 20.8 Å². The maximum atomic E-state index is 11.3. The van der Waals surface area contributed by atoms with E-state index in [4.69, 9.17) is 14.2 Å². The van der Waals surface area contributed by atoms with Crippen LogP contribution in [0.2, 0.25) is 0 Å². The Morgan fingerprint density at radius 1 is 1.29 bits per heavy atom. The van der Waals surface area contributed by atoms with E-state index in [9.17, 15) is 4.79 Å². The van der Waals surface area contributed by atoms with E-state index < -0.39 is 0 Å². The first-order valence-electron chi connectivity index (χ1n) is 6.31. The first-order chi connectivity index (χ1) is 8.00. The highest BCUT2D eigenvalue weighted by Crippen LogP contribution is 2.24. The van der Waals surface area contributed by atoms with Crippen LogP contribution in [0.1, 0.15) is 40.0 Å². The number of rotatable bonds is 8. The standard InChI is InChI=1S/C13H24O4/c1-5-7-17-12-10(14)9-11(12)16-8-6-13(2,3)15-4/h11-12H,5-9H2,1-4H3. The van der Waals surface area contributed by atoms with Crippen molar-refractivity contribution in [1.29, 1.82) is 0 Å². The normalized spacial score (nSPS) is 24.8. The minimum atomic E-state index is -0.333. The summed E-state index contributed by atoms with van der Waals surface area (Å²) >= 11 is 0. The Kier molecular flexibility index (Phi) is 5.56. The van der Waals surface area contributed by atoms with Crippen molar-refractivity contribution in [3.05, 3.63) is 0 Å². The molecule has 0 aliphatic heterocycles. The summed E-state index contributed by atoms with van der Waals surface area (Å²) in [5.41, 5.74) is -0.173. The van der Waals surface area contributed by atoms with Gasteiger partial charge in [-0.2, -0.15) is 0 Å². The Labute approximate surface area is 104 Å². The lowest BCUT2D eigenvalue weighted by molar-refractivity contribution is -0.167. The molecule has 0 aromatic heterocycles. The molecule has 4 nitrogen and oxygen atoms in total. The van der Waals surface area contributed by atoms with E-state index in [1.165, 1.54) is 0 Å². The average molecular weight is 244 g/mol. The molecule has 0 heterocycles. The van der Waals surface area contributed by atoms with Crippen molar-refractivity contribution in [1.82, 2.24) is 0 Å². The summed E-state index contributed by atoms with van der Waals surface area (Å²) < 4.78 is 16.4. The predicted octanol–water partition coefficient (Wildman–Crippen LogP) is 1.95. The Hall–Kier alpha value is -0.450. The van der Waals surface area contributed by atoms with Crippen molar-refractivity contribution >= 4 is 5.78 Å². The molecule has 2 atom stereocenters. The molecule has 0 bridgehead atoms. The van der Waals surface area contributed by atoms with Crippen LogP contribution in [-0.4, -0.2) is 43.9 Å². The fourth-order valence-corrected chi connectivity index (χ4v) is 1.62. The topological polar surface area (TPSA) is 44.8 Å². The number of ether oxygens (including phenoxy) is 3. The molecule has 1 saturated carbocycles. The minimum Gasteiger partial charge on any atom is -0.379 e. The molecule has 2 unspecified atom stereocenters. The van der Waals surface area contributed by atoms with Crippen LogP contribution in [-0.2, 0) is 19.0 Å². The summed E-state index contributed by atoms with van der Waals surface area (Å²) in [7, 11) is 1.69. The van der Waals surface area contributed by atoms with Gasteiger partial charge in [0, 0.05) is 26.7 Å². The van der Waals surface area contributed by atoms with Crippen molar-refractivity contribution in [3.8, 4) is 0 Å². The van der Waals surface area contributed by atoms with Gasteiger partial charge in [-0.15, -0.1) is 0 Å². The Morgan fingerprint density at radius 2 is 2.00 bits per heavy atom. The van der Waals surface area contributed by atoms with Gasteiger partial charge in [-0.25, -0.2) is 0 Å². The predicted molar refractivity (Wildman–Crippen MR) is 65.1 cm³/mol. The number of hydrogen-bond acceptors (Lipinski definition) is 4. The van der Waals surface area contributed by atoms with Gasteiger partial charge >= 0.3 is 0 Å². The zero-order valence-corrected chi connectivity index (χ0v) is 11.3. The van der Waals surface area contributed by atoms with E-state index in [1.54, 1.807) is 7.11 Å². The zero-order valence-electron chi connectivity index (χ0n) is 11.3. The molecule has 0 radical (unpaired) electrons. The third kappa shape index (κ3) is 4.37. The van der Waals surface area contributed by atoms with Crippen LogP contribution in [0.25, 0.3) is 0 Å². The molecule has 0 aromatic carbocycles. The van der Waals surface area contributed by atoms with Crippen LogP contribution in [0.3, 0.4) is 0 Å². The summed E-state index contributed by atoms with van der Waals surface area (Å²) in [6.45, 7) is 7.30. The molecule has 1 fully saturated rings. The van der Waals surface area contributed by atoms with Crippen LogP contribution in [0.15, 0.2) is 0 Å². The lowest BCUT2D eigenvalue weighted by atomic mass is 9.90. The molecular weight excluding hydrogens is 220 g/mol. The van der Waals surface area contributed by atoms with Gasteiger partial charge < -0.3 is 14.2 Å². The van der Waals surface area contributed by atoms with Crippen LogP contribution in [0.4, 0.5) is 0 Å². The molecular formula is C13H24O4. The molecule has 0 amide bonds. The van der Waals surface area contributed by atoms with Gasteiger partial charge in [0.15, 0.2) is 5.78 Å². The van der Waals surface area contributed by atoms with Gasteiger partial charge in [0.2, 0.25) is 0 Å². The van der Waals surface area contributed by atoms with Gasteiger partial charge in [0.25, 0.3) is 0 Å². The van der Waals surface area contributed by atoms with Gasteiger partial charge in [0.1, 0.15) is 6.10 Å². The van der Waals surface area contributed by atoms with Crippen molar-refractivity contribution in [2.24, 2.45) is 0 Å². The number of carbonyl (C=O) groups is 1. The third-order valence-electron chi connectivity index (χ3n) is 3.15.